The zero-order valence-corrected chi connectivity index (χ0v) is 14.8. The quantitative estimate of drug-likeness (QED) is 0.743. The molecule has 0 aliphatic rings. The maximum atomic E-state index is 12.0. The van der Waals surface area contributed by atoms with E-state index in [1.165, 1.54) is 0 Å². The summed E-state index contributed by atoms with van der Waals surface area (Å²) in [6, 6.07) is 15.6. The van der Waals surface area contributed by atoms with Crippen LogP contribution in [0.25, 0.3) is 0 Å². The molecule has 0 atom stereocenters. The summed E-state index contributed by atoms with van der Waals surface area (Å²) in [5.41, 5.74) is 1.97. The Morgan fingerprint density at radius 1 is 1.14 bits per heavy atom. The van der Waals surface area contributed by atoms with E-state index in [0.717, 1.165) is 20.6 Å². The van der Waals surface area contributed by atoms with Crippen LogP contribution >= 0.6 is 22.6 Å². The monoisotopic (exact) mass is 410 g/mol. The fourth-order valence-electron chi connectivity index (χ4n) is 2.08. The predicted octanol–water partition coefficient (Wildman–Crippen LogP) is 3.37. The Hall–Kier alpha value is -1.60. The molecule has 0 heterocycles. The first-order chi connectivity index (χ1) is 10.6. The molecule has 1 amide bonds. The van der Waals surface area contributed by atoms with E-state index in [0.29, 0.717) is 13.1 Å². The van der Waals surface area contributed by atoms with E-state index in [9.17, 15) is 4.79 Å². The molecule has 0 spiro atoms. The van der Waals surface area contributed by atoms with Gasteiger partial charge in [0, 0.05) is 15.8 Å². The summed E-state index contributed by atoms with van der Waals surface area (Å²) >= 11 is 2.24. The van der Waals surface area contributed by atoms with Crippen molar-refractivity contribution >= 4 is 34.2 Å². The molecule has 1 N–H and O–H groups in total. The molecule has 0 saturated heterocycles. The maximum absolute atomic E-state index is 12.0. The van der Waals surface area contributed by atoms with Crippen molar-refractivity contribution in [2.24, 2.45) is 0 Å². The van der Waals surface area contributed by atoms with Crippen molar-refractivity contribution in [3.63, 3.8) is 0 Å². The van der Waals surface area contributed by atoms with E-state index >= 15 is 0 Å². The van der Waals surface area contributed by atoms with Crippen molar-refractivity contribution in [1.29, 1.82) is 0 Å². The molecule has 116 valence electrons. The molecule has 0 radical (unpaired) electrons. The summed E-state index contributed by atoms with van der Waals surface area (Å²) in [7, 11) is 3.58. The number of hydrogen-bond donors (Lipinski definition) is 1. The van der Waals surface area contributed by atoms with E-state index in [-0.39, 0.29) is 5.91 Å². The van der Waals surface area contributed by atoms with Crippen molar-refractivity contribution in [2.75, 3.05) is 26.0 Å². The highest BCUT2D eigenvalue weighted by molar-refractivity contribution is 14.1. The number of nitrogens with one attached hydrogen (secondary N) is 1. The zero-order valence-electron chi connectivity index (χ0n) is 12.7. The van der Waals surface area contributed by atoms with Crippen LogP contribution in [0.4, 0.5) is 5.69 Å². The largest absolute Gasteiger partial charge is 0.497 e. The number of halogens is 1. The maximum Gasteiger partial charge on any atom is 0.238 e. The topological polar surface area (TPSA) is 41.6 Å². The summed E-state index contributed by atoms with van der Waals surface area (Å²) in [5.74, 6) is 0.820. The highest BCUT2D eigenvalue weighted by Gasteiger charge is 2.07. The number of ether oxygens (including phenoxy) is 1. The number of hydrogen-bond acceptors (Lipinski definition) is 3. The van der Waals surface area contributed by atoms with Crippen molar-refractivity contribution in [3.05, 3.63) is 57.7 Å². The van der Waals surface area contributed by atoms with Gasteiger partial charge in [-0.2, -0.15) is 0 Å². The minimum Gasteiger partial charge on any atom is -0.497 e. The summed E-state index contributed by atoms with van der Waals surface area (Å²) in [4.78, 5) is 14.0. The Bertz CT molecular complexity index is 612. The molecular formula is C17H19IN2O2. The Morgan fingerprint density at radius 2 is 1.77 bits per heavy atom. The summed E-state index contributed by atoms with van der Waals surface area (Å²) < 4.78 is 6.28. The lowest BCUT2D eigenvalue weighted by Crippen LogP contribution is -2.29. The van der Waals surface area contributed by atoms with Gasteiger partial charge in [0.05, 0.1) is 13.7 Å². The van der Waals surface area contributed by atoms with Crippen LogP contribution in [-0.2, 0) is 11.3 Å². The van der Waals surface area contributed by atoms with Crippen LogP contribution in [0, 0.1) is 3.57 Å². The second-order valence-electron chi connectivity index (χ2n) is 5.08. The highest BCUT2D eigenvalue weighted by Crippen LogP contribution is 2.13. The minimum absolute atomic E-state index is 0.0165. The average Bonchev–Trinajstić information content (AvgIpc) is 2.50. The summed E-state index contributed by atoms with van der Waals surface area (Å²) in [6.07, 6.45) is 0. The third kappa shape index (κ3) is 5.31. The van der Waals surface area contributed by atoms with Crippen LogP contribution in [0.5, 0.6) is 5.75 Å². The van der Waals surface area contributed by atoms with Gasteiger partial charge in [-0.3, -0.25) is 9.69 Å². The number of benzene rings is 2. The van der Waals surface area contributed by atoms with Crippen LogP contribution in [0.15, 0.2) is 48.5 Å². The van der Waals surface area contributed by atoms with Gasteiger partial charge in [0.2, 0.25) is 5.91 Å². The third-order valence-electron chi connectivity index (χ3n) is 3.15. The van der Waals surface area contributed by atoms with Crippen molar-refractivity contribution in [2.45, 2.75) is 6.54 Å². The van der Waals surface area contributed by atoms with Gasteiger partial charge in [-0.1, -0.05) is 12.1 Å². The molecule has 0 aliphatic carbocycles. The molecule has 0 unspecified atom stereocenters. The highest BCUT2D eigenvalue weighted by atomic mass is 127. The first kappa shape index (κ1) is 16.8. The summed E-state index contributed by atoms with van der Waals surface area (Å²) in [5, 5.41) is 2.90. The van der Waals surface area contributed by atoms with Gasteiger partial charge in [0.15, 0.2) is 0 Å². The smallest absolute Gasteiger partial charge is 0.238 e. The third-order valence-corrected chi connectivity index (χ3v) is 3.87. The molecule has 0 aliphatic heterocycles. The fraction of sp³-hybridized carbons (Fsp3) is 0.235. The average molecular weight is 410 g/mol. The van der Waals surface area contributed by atoms with Crippen LogP contribution < -0.4 is 10.1 Å². The Balaban J connectivity index is 1.83. The Morgan fingerprint density at radius 3 is 2.36 bits per heavy atom. The van der Waals surface area contributed by atoms with E-state index in [1.54, 1.807) is 7.11 Å². The van der Waals surface area contributed by atoms with Crippen molar-refractivity contribution < 1.29 is 9.53 Å². The molecule has 2 rings (SSSR count). The van der Waals surface area contributed by atoms with Crippen LogP contribution in [0.3, 0.4) is 0 Å². The number of rotatable bonds is 6. The van der Waals surface area contributed by atoms with Crippen LogP contribution in [0.1, 0.15) is 5.56 Å². The number of carbonyl (C=O) groups is 1. The van der Waals surface area contributed by atoms with Gasteiger partial charge in [-0.05, 0) is 71.6 Å². The van der Waals surface area contributed by atoms with E-state index in [4.69, 9.17) is 4.74 Å². The molecule has 0 fully saturated rings. The number of amides is 1. The SMILES string of the molecule is COc1ccc(CN(C)CC(=O)Nc2ccc(I)cc2)cc1. The van der Waals surface area contributed by atoms with Crippen LogP contribution in [0.2, 0.25) is 0 Å². The fourth-order valence-corrected chi connectivity index (χ4v) is 2.44. The molecule has 2 aromatic rings. The van der Waals surface area contributed by atoms with Gasteiger partial charge in [-0.15, -0.1) is 0 Å². The minimum atomic E-state index is -0.0165. The Kier molecular flexibility index (Phi) is 6.21. The second-order valence-corrected chi connectivity index (χ2v) is 6.32. The van der Waals surface area contributed by atoms with Gasteiger partial charge >= 0.3 is 0 Å². The van der Waals surface area contributed by atoms with Gasteiger partial charge in [-0.25, -0.2) is 0 Å². The van der Waals surface area contributed by atoms with Gasteiger partial charge in [0.1, 0.15) is 5.75 Å². The lowest BCUT2D eigenvalue weighted by molar-refractivity contribution is -0.117. The van der Waals surface area contributed by atoms with E-state index < -0.39 is 0 Å². The molecular weight excluding hydrogens is 391 g/mol. The standard InChI is InChI=1S/C17H19IN2O2/c1-20(11-13-3-9-16(22-2)10-4-13)12-17(21)19-15-7-5-14(18)6-8-15/h3-10H,11-12H2,1-2H3,(H,19,21). The molecule has 0 aromatic heterocycles. The summed E-state index contributed by atoms with van der Waals surface area (Å²) in [6.45, 7) is 1.06. The number of likely N-dealkylation sites (N-methyl/N-ethyl adjacent to an activating group) is 1. The van der Waals surface area contributed by atoms with Gasteiger partial charge in [0.25, 0.3) is 0 Å². The Labute approximate surface area is 144 Å². The van der Waals surface area contributed by atoms with Crippen LogP contribution in [-0.4, -0.2) is 31.5 Å². The molecule has 0 saturated carbocycles. The lowest BCUT2D eigenvalue weighted by atomic mass is 10.2. The molecule has 0 bridgehead atoms. The molecule has 2 aromatic carbocycles. The first-order valence-corrected chi connectivity index (χ1v) is 8.01. The predicted molar refractivity (Wildman–Crippen MR) is 97.1 cm³/mol. The molecule has 4 nitrogen and oxygen atoms in total. The lowest BCUT2D eigenvalue weighted by Gasteiger charge is -2.16. The second kappa shape index (κ2) is 8.14. The normalized spacial score (nSPS) is 10.5. The zero-order chi connectivity index (χ0) is 15.9. The first-order valence-electron chi connectivity index (χ1n) is 6.93. The number of methoxy groups -OCH3 is 1. The van der Waals surface area contributed by atoms with Crippen molar-refractivity contribution in [3.8, 4) is 5.75 Å². The van der Waals surface area contributed by atoms with E-state index in [1.807, 2.05) is 60.5 Å². The number of nitrogens with zero attached hydrogens (tertiary/aromatic N) is 1. The van der Waals surface area contributed by atoms with E-state index in [2.05, 4.69) is 27.9 Å². The number of carbonyl (C=O) groups excluding carboxylic acids is 1. The van der Waals surface area contributed by atoms with Gasteiger partial charge < -0.3 is 10.1 Å². The van der Waals surface area contributed by atoms with Crippen molar-refractivity contribution in [1.82, 2.24) is 4.90 Å². The number of anilines is 1. The molecule has 5 heteroatoms. The molecule has 22 heavy (non-hydrogen) atoms.